The number of sulfonamides is 1. The molecule has 0 fully saturated rings. The number of aromatic nitrogens is 2. The van der Waals surface area contributed by atoms with Crippen molar-refractivity contribution in [2.75, 3.05) is 18.9 Å². The summed E-state index contributed by atoms with van der Waals surface area (Å²) in [6, 6.07) is 13.8. The average Bonchev–Trinajstić information content (AvgIpc) is 3.20. The van der Waals surface area contributed by atoms with E-state index in [2.05, 4.69) is 14.9 Å². The molecule has 10 heteroatoms. The van der Waals surface area contributed by atoms with E-state index in [4.69, 9.17) is 14.0 Å². The number of aliphatic hydroxyl groups is 1. The molecular formula is C22H21N3O6S. The number of methoxy groups -OCH3 is 2. The van der Waals surface area contributed by atoms with Gasteiger partial charge in [-0.3, -0.25) is 9.71 Å². The molecule has 4 aromatic rings. The number of ether oxygens (including phenoxy) is 2. The molecule has 9 nitrogen and oxygen atoms in total. The summed E-state index contributed by atoms with van der Waals surface area (Å²) in [4.78, 5) is 4.14. The molecule has 2 N–H and O–H groups in total. The van der Waals surface area contributed by atoms with Crippen molar-refractivity contribution in [2.24, 2.45) is 0 Å². The quantitative estimate of drug-likeness (QED) is 0.415. The second-order valence-electron chi connectivity index (χ2n) is 6.91. The molecule has 2 aromatic carbocycles. The van der Waals surface area contributed by atoms with Gasteiger partial charge in [0, 0.05) is 23.9 Å². The molecule has 0 spiro atoms. The first-order chi connectivity index (χ1) is 15.5. The van der Waals surface area contributed by atoms with Crippen molar-refractivity contribution in [3.63, 3.8) is 0 Å². The van der Waals surface area contributed by atoms with Gasteiger partial charge in [0.05, 0.1) is 20.8 Å². The largest absolute Gasteiger partial charge is 0.496 e. The topological polar surface area (TPSA) is 124 Å². The standard InChI is InChI=1S/C22H21N3O6S/c1-29-17-8-5-6-15(13-26)21(17)32(27,28)25-22-20-18(30-2)11-14(12-19(20)31-24-22)10-16-7-3-4-9-23-16/h3-9,11-12,26H,10,13H2,1-2H3,(H,24,25). The van der Waals surface area contributed by atoms with Crippen LogP contribution < -0.4 is 14.2 Å². The molecule has 0 aliphatic rings. The molecule has 0 amide bonds. The van der Waals surface area contributed by atoms with Crippen molar-refractivity contribution in [1.82, 2.24) is 10.1 Å². The van der Waals surface area contributed by atoms with E-state index in [0.29, 0.717) is 23.1 Å². The molecule has 32 heavy (non-hydrogen) atoms. The zero-order valence-corrected chi connectivity index (χ0v) is 18.2. The van der Waals surface area contributed by atoms with Gasteiger partial charge in [0.2, 0.25) is 0 Å². The first-order valence-corrected chi connectivity index (χ1v) is 11.1. The molecule has 0 unspecified atom stereocenters. The minimum absolute atomic E-state index is 0.0315. The van der Waals surface area contributed by atoms with Crippen LogP contribution in [0, 0.1) is 0 Å². The van der Waals surface area contributed by atoms with Gasteiger partial charge < -0.3 is 19.1 Å². The maximum absolute atomic E-state index is 13.2. The highest BCUT2D eigenvalue weighted by atomic mass is 32.2. The van der Waals surface area contributed by atoms with Gasteiger partial charge in [-0.15, -0.1) is 0 Å². The van der Waals surface area contributed by atoms with Gasteiger partial charge in [-0.25, -0.2) is 8.42 Å². The first-order valence-electron chi connectivity index (χ1n) is 9.62. The predicted octanol–water partition coefficient (Wildman–Crippen LogP) is 3.12. The fraction of sp³-hybridized carbons (Fsp3) is 0.182. The summed E-state index contributed by atoms with van der Waals surface area (Å²) in [5.74, 6) is 0.465. The molecule has 0 aliphatic carbocycles. The Kier molecular flexibility index (Phi) is 5.97. The second-order valence-corrected chi connectivity index (χ2v) is 8.53. The van der Waals surface area contributed by atoms with Gasteiger partial charge in [0.1, 0.15) is 21.8 Å². The van der Waals surface area contributed by atoms with E-state index < -0.39 is 16.6 Å². The third kappa shape index (κ3) is 4.10. The van der Waals surface area contributed by atoms with Crippen LogP contribution in [0.15, 0.2) is 64.1 Å². The zero-order valence-electron chi connectivity index (χ0n) is 17.4. The molecule has 0 saturated heterocycles. The molecule has 0 radical (unpaired) electrons. The van der Waals surface area contributed by atoms with Gasteiger partial charge >= 0.3 is 0 Å². The van der Waals surface area contributed by atoms with Crippen LogP contribution in [0.2, 0.25) is 0 Å². The molecular weight excluding hydrogens is 434 g/mol. The van der Waals surface area contributed by atoms with Crippen LogP contribution in [-0.2, 0) is 23.1 Å². The van der Waals surface area contributed by atoms with Crippen molar-refractivity contribution in [3.05, 3.63) is 71.5 Å². The van der Waals surface area contributed by atoms with E-state index in [1.54, 1.807) is 24.4 Å². The van der Waals surface area contributed by atoms with E-state index in [1.165, 1.54) is 26.4 Å². The van der Waals surface area contributed by atoms with Crippen LogP contribution in [0.1, 0.15) is 16.8 Å². The second kappa shape index (κ2) is 8.85. The molecule has 0 atom stereocenters. The summed E-state index contributed by atoms with van der Waals surface area (Å²) in [6.07, 6.45) is 2.25. The highest BCUT2D eigenvalue weighted by Gasteiger charge is 2.27. The maximum Gasteiger partial charge on any atom is 0.267 e. The molecule has 0 bridgehead atoms. The number of pyridine rings is 1. The monoisotopic (exact) mass is 455 g/mol. The van der Waals surface area contributed by atoms with Gasteiger partial charge in [-0.05, 0) is 35.9 Å². The molecule has 2 aromatic heterocycles. The zero-order chi connectivity index (χ0) is 22.7. The summed E-state index contributed by atoms with van der Waals surface area (Å²) >= 11 is 0. The number of benzene rings is 2. The van der Waals surface area contributed by atoms with Gasteiger partial charge in [-0.2, -0.15) is 0 Å². The van der Waals surface area contributed by atoms with Crippen LogP contribution in [0.5, 0.6) is 11.5 Å². The number of aliphatic hydroxyl groups excluding tert-OH is 1. The van der Waals surface area contributed by atoms with Crippen LogP contribution >= 0.6 is 0 Å². The summed E-state index contributed by atoms with van der Waals surface area (Å²) in [5.41, 5.74) is 2.28. The normalized spacial score (nSPS) is 11.5. The van der Waals surface area contributed by atoms with Crippen LogP contribution in [-0.4, -0.2) is 37.9 Å². The van der Waals surface area contributed by atoms with E-state index in [1.807, 2.05) is 18.2 Å². The summed E-state index contributed by atoms with van der Waals surface area (Å²) < 4.78 is 44.9. The predicted molar refractivity (Wildman–Crippen MR) is 117 cm³/mol. The smallest absolute Gasteiger partial charge is 0.267 e. The molecule has 0 saturated carbocycles. The third-order valence-corrected chi connectivity index (χ3v) is 6.34. The highest BCUT2D eigenvalue weighted by Crippen LogP contribution is 2.36. The Hall–Kier alpha value is -3.63. The van der Waals surface area contributed by atoms with Crippen molar-refractivity contribution in [1.29, 1.82) is 0 Å². The summed E-state index contributed by atoms with van der Waals surface area (Å²) in [6.45, 7) is -0.479. The SMILES string of the molecule is COc1cccc(CO)c1S(=O)(=O)Nc1noc2cc(Cc3ccccn3)cc(OC)c12. The minimum Gasteiger partial charge on any atom is -0.496 e. The number of hydrogen-bond donors (Lipinski definition) is 2. The number of fused-ring (bicyclic) bond motifs is 1. The number of nitrogens with zero attached hydrogens (tertiary/aromatic N) is 2. The Morgan fingerprint density at radius 3 is 2.56 bits per heavy atom. The van der Waals surface area contributed by atoms with Crippen LogP contribution in [0.4, 0.5) is 5.82 Å². The van der Waals surface area contributed by atoms with E-state index in [0.717, 1.165) is 11.3 Å². The van der Waals surface area contributed by atoms with Gasteiger partial charge in [0.25, 0.3) is 10.0 Å². The van der Waals surface area contributed by atoms with Gasteiger partial charge in [0.15, 0.2) is 11.4 Å². The minimum atomic E-state index is -4.17. The van der Waals surface area contributed by atoms with E-state index in [9.17, 15) is 13.5 Å². The highest BCUT2D eigenvalue weighted by molar-refractivity contribution is 7.92. The Balaban J connectivity index is 1.75. The lowest BCUT2D eigenvalue weighted by molar-refractivity contribution is 0.276. The van der Waals surface area contributed by atoms with Crippen molar-refractivity contribution < 1.29 is 27.5 Å². The number of hydrogen-bond acceptors (Lipinski definition) is 8. The van der Waals surface area contributed by atoms with E-state index >= 15 is 0 Å². The number of nitrogens with one attached hydrogen (secondary N) is 1. The lowest BCUT2D eigenvalue weighted by atomic mass is 10.1. The summed E-state index contributed by atoms with van der Waals surface area (Å²) in [5, 5.41) is 13.9. The van der Waals surface area contributed by atoms with Crippen LogP contribution in [0.3, 0.4) is 0 Å². The van der Waals surface area contributed by atoms with Crippen molar-refractivity contribution in [3.8, 4) is 11.5 Å². The lowest BCUT2D eigenvalue weighted by Gasteiger charge is -2.14. The average molecular weight is 455 g/mol. The molecule has 0 aliphatic heterocycles. The lowest BCUT2D eigenvalue weighted by Crippen LogP contribution is -2.16. The fourth-order valence-electron chi connectivity index (χ4n) is 3.46. The van der Waals surface area contributed by atoms with Gasteiger partial charge in [-0.1, -0.05) is 23.4 Å². The Morgan fingerprint density at radius 2 is 1.88 bits per heavy atom. The Labute approximate surface area is 184 Å². The third-order valence-electron chi connectivity index (χ3n) is 4.88. The van der Waals surface area contributed by atoms with E-state index in [-0.39, 0.29) is 22.0 Å². The molecule has 4 rings (SSSR count). The Bertz CT molecular complexity index is 1330. The molecule has 2 heterocycles. The fourth-order valence-corrected chi connectivity index (χ4v) is 4.85. The summed E-state index contributed by atoms with van der Waals surface area (Å²) in [7, 11) is -1.33. The maximum atomic E-state index is 13.2. The Morgan fingerprint density at radius 1 is 1.06 bits per heavy atom. The first kappa shape index (κ1) is 21.6. The van der Waals surface area contributed by atoms with Crippen molar-refractivity contribution in [2.45, 2.75) is 17.9 Å². The number of rotatable bonds is 8. The van der Waals surface area contributed by atoms with Crippen molar-refractivity contribution >= 4 is 26.8 Å². The van der Waals surface area contributed by atoms with Crippen LogP contribution in [0.25, 0.3) is 11.0 Å². The number of anilines is 1. The molecule has 166 valence electrons.